The second-order valence-corrected chi connectivity index (χ2v) is 4.90. The molecule has 0 atom stereocenters. The van der Waals surface area contributed by atoms with E-state index in [1.54, 1.807) is 25.4 Å². The fourth-order valence-corrected chi connectivity index (χ4v) is 1.67. The van der Waals surface area contributed by atoms with Gasteiger partial charge in [0, 0.05) is 18.8 Å². The van der Waals surface area contributed by atoms with Crippen LogP contribution in [0.5, 0.6) is 11.6 Å². The lowest BCUT2D eigenvalue weighted by Crippen LogP contribution is -2.22. The summed E-state index contributed by atoms with van der Waals surface area (Å²) in [6, 6.07) is 4.75. The molecule has 0 saturated carbocycles. The SMILES string of the molecule is Cc1cc(F)ccc1Oc1cncc(CNC(C)C)n1. The first-order valence-electron chi connectivity index (χ1n) is 6.53. The van der Waals surface area contributed by atoms with Gasteiger partial charge in [-0.2, -0.15) is 0 Å². The Bertz CT molecular complexity index is 587. The molecule has 0 spiro atoms. The molecule has 0 aliphatic rings. The van der Waals surface area contributed by atoms with Crippen molar-refractivity contribution in [3.05, 3.63) is 47.7 Å². The van der Waals surface area contributed by atoms with E-state index in [4.69, 9.17) is 4.74 Å². The van der Waals surface area contributed by atoms with Crippen LogP contribution < -0.4 is 10.1 Å². The van der Waals surface area contributed by atoms with Crippen LogP contribution >= 0.6 is 0 Å². The Balaban J connectivity index is 2.11. The van der Waals surface area contributed by atoms with Gasteiger partial charge < -0.3 is 10.1 Å². The molecular weight excluding hydrogens is 257 g/mol. The molecule has 1 aromatic carbocycles. The minimum Gasteiger partial charge on any atom is -0.437 e. The van der Waals surface area contributed by atoms with E-state index in [2.05, 4.69) is 29.1 Å². The van der Waals surface area contributed by atoms with Crippen LogP contribution in [-0.2, 0) is 6.54 Å². The minimum atomic E-state index is -0.282. The normalized spacial score (nSPS) is 10.8. The number of aromatic nitrogens is 2. The molecule has 20 heavy (non-hydrogen) atoms. The Hall–Kier alpha value is -2.01. The predicted molar refractivity (Wildman–Crippen MR) is 75.2 cm³/mol. The van der Waals surface area contributed by atoms with Gasteiger partial charge in [0.15, 0.2) is 0 Å². The maximum Gasteiger partial charge on any atom is 0.238 e. The van der Waals surface area contributed by atoms with Crippen molar-refractivity contribution >= 4 is 0 Å². The number of nitrogens with zero attached hydrogens (tertiary/aromatic N) is 2. The van der Waals surface area contributed by atoms with Crippen molar-refractivity contribution in [2.24, 2.45) is 0 Å². The maximum absolute atomic E-state index is 13.0. The zero-order valence-electron chi connectivity index (χ0n) is 11.9. The van der Waals surface area contributed by atoms with Crippen LogP contribution in [-0.4, -0.2) is 16.0 Å². The van der Waals surface area contributed by atoms with Gasteiger partial charge in [-0.05, 0) is 30.7 Å². The third kappa shape index (κ3) is 3.99. The Morgan fingerprint density at radius 3 is 2.80 bits per heavy atom. The highest BCUT2D eigenvalue weighted by molar-refractivity contribution is 5.35. The number of hydrogen-bond donors (Lipinski definition) is 1. The van der Waals surface area contributed by atoms with Gasteiger partial charge in [-0.3, -0.25) is 4.98 Å². The summed E-state index contributed by atoms with van der Waals surface area (Å²) in [7, 11) is 0. The van der Waals surface area contributed by atoms with Gasteiger partial charge in [0.1, 0.15) is 11.6 Å². The molecule has 1 heterocycles. The summed E-state index contributed by atoms with van der Waals surface area (Å²) in [6.45, 7) is 6.55. The van der Waals surface area contributed by atoms with Crippen molar-refractivity contribution in [3.8, 4) is 11.6 Å². The molecule has 2 aromatic rings. The summed E-state index contributed by atoms with van der Waals surface area (Å²) < 4.78 is 18.7. The van der Waals surface area contributed by atoms with E-state index in [1.807, 2.05) is 0 Å². The molecule has 0 radical (unpaired) electrons. The quantitative estimate of drug-likeness (QED) is 0.910. The lowest BCUT2D eigenvalue weighted by atomic mass is 10.2. The molecule has 0 amide bonds. The van der Waals surface area contributed by atoms with Gasteiger partial charge in [0.05, 0.1) is 11.9 Å². The zero-order chi connectivity index (χ0) is 14.5. The van der Waals surface area contributed by atoms with E-state index in [0.29, 0.717) is 24.2 Å². The summed E-state index contributed by atoms with van der Waals surface area (Å²) in [6.07, 6.45) is 3.24. The molecule has 106 valence electrons. The molecule has 2 rings (SSSR count). The lowest BCUT2D eigenvalue weighted by Gasteiger charge is -2.10. The number of nitrogens with one attached hydrogen (secondary N) is 1. The van der Waals surface area contributed by atoms with Crippen LogP contribution in [0.1, 0.15) is 25.1 Å². The first-order valence-corrected chi connectivity index (χ1v) is 6.53. The molecule has 0 aliphatic carbocycles. The van der Waals surface area contributed by atoms with Crippen molar-refractivity contribution in [2.75, 3.05) is 0 Å². The maximum atomic E-state index is 13.0. The highest BCUT2D eigenvalue weighted by Gasteiger charge is 2.05. The molecule has 1 N–H and O–H groups in total. The van der Waals surface area contributed by atoms with E-state index in [0.717, 1.165) is 11.3 Å². The van der Waals surface area contributed by atoms with Gasteiger partial charge in [-0.15, -0.1) is 0 Å². The largest absolute Gasteiger partial charge is 0.437 e. The average molecular weight is 275 g/mol. The topological polar surface area (TPSA) is 47.0 Å². The summed E-state index contributed by atoms with van der Waals surface area (Å²) in [5.74, 6) is 0.702. The van der Waals surface area contributed by atoms with Gasteiger partial charge in [-0.1, -0.05) is 13.8 Å². The van der Waals surface area contributed by atoms with E-state index in [9.17, 15) is 4.39 Å². The average Bonchev–Trinajstić information content (AvgIpc) is 2.40. The second kappa shape index (κ2) is 6.43. The van der Waals surface area contributed by atoms with Crippen LogP contribution in [0.15, 0.2) is 30.6 Å². The molecule has 4 nitrogen and oxygen atoms in total. The number of benzene rings is 1. The molecule has 0 bridgehead atoms. The van der Waals surface area contributed by atoms with Gasteiger partial charge in [-0.25, -0.2) is 9.37 Å². The van der Waals surface area contributed by atoms with Crippen LogP contribution in [0.3, 0.4) is 0 Å². The minimum absolute atomic E-state index is 0.282. The van der Waals surface area contributed by atoms with Crippen molar-refractivity contribution in [1.82, 2.24) is 15.3 Å². The second-order valence-electron chi connectivity index (χ2n) is 4.90. The monoisotopic (exact) mass is 275 g/mol. The summed E-state index contributed by atoms with van der Waals surface area (Å²) in [5, 5.41) is 3.26. The number of halogens is 1. The number of aryl methyl sites for hydroxylation is 1. The van der Waals surface area contributed by atoms with E-state index in [1.165, 1.54) is 12.1 Å². The Morgan fingerprint density at radius 1 is 1.30 bits per heavy atom. The first kappa shape index (κ1) is 14.4. The number of hydrogen-bond acceptors (Lipinski definition) is 4. The number of ether oxygens (including phenoxy) is 1. The third-order valence-corrected chi connectivity index (χ3v) is 2.71. The standard InChI is InChI=1S/C15H18FN3O/c1-10(2)18-8-13-7-17-9-15(19-13)20-14-5-4-12(16)6-11(14)3/h4-7,9-10,18H,8H2,1-3H3. The lowest BCUT2D eigenvalue weighted by molar-refractivity contribution is 0.450. The first-order chi connectivity index (χ1) is 9.54. The zero-order valence-corrected chi connectivity index (χ0v) is 11.9. The van der Waals surface area contributed by atoms with Crippen molar-refractivity contribution in [2.45, 2.75) is 33.4 Å². The highest BCUT2D eigenvalue weighted by atomic mass is 19.1. The Kier molecular flexibility index (Phi) is 4.63. The van der Waals surface area contributed by atoms with Crippen LogP contribution in [0.4, 0.5) is 4.39 Å². The molecule has 1 aromatic heterocycles. The Morgan fingerprint density at radius 2 is 2.10 bits per heavy atom. The Labute approximate surface area is 118 Å². The van der Waals surface area contributed by atoms with E-state index in [-0.39, 0.29) is 5.82 Å². The van der Waals surface area contributed by atoms with Crippen LogP contribution in [0.2, 0.25) is 0 Å². The van der Waals surface area contributed by atoms with Crippen LogP contribution in [0.25, 0.3) is 0 Å². The van der Waals surface area contributed by atoms with Crippen molar-refractivity contribution < 1.29 is 9.13 Å². The van der Waals surface area contributed by atoms with Gasteiger partial charge >= 0.3 is 0 Å². The molecule has 0 aliphatic heterocycles. The molecular formula is C15H18FN3O. The third-order valence-electron chi connectivity index (χ3n) is 2.71. The molecule has 5 heteroatoms. The fourth-order valence-electron chi connectivity index (χ4n) is 1.67. The van der Waals surface area contributed by atoms with Gasteiger partial charge in [0.2, 0.25) is 5.88 Å². The molecule has 0 unspecified atom stereocenters. The fraction of sp³-hybridized carbons (Fsp3) is 0.333. The van der Waals surface area contributed by atoms with E-state index >= 15 is 0 Å². The van der Waals surface area contributed by atoms with Crippen LogP contribution in [0, 0.1) is 12.7 Å². The van der Waals surface area contributed by atoms with Crippen molar-refractivity contribution in [1.29, 1.82) is 0 Å². The molecule has 0 saturated heterocycles. The smallest absolute Gasteiger partial charge is 0.238 e. The predicted octanol–water partition coefficient (Wildman–Crippen LogP) is 3.21. The van der Waals surface area contributed by atoms with Gasteiger partial charge in [0.25, 0.3) is 0 Å². The number of rotatable bonds is 5. The van der Waals surface area contributed by atoms with Crippen molar-refractivity contribution in [3.63, 3.8) is 0 Å². The highest BCUT2D eigenvalue weighted by Crippen LogP contribution is 2.23. The van der Waals surface area contributed by atoms with E-state index < -0.39 is 0 Å². The summed E-state index contributed by atoms with van der Waals surface area (Å²) >= 11 is 0. The molecule has 0 fully saturated rings. The summed E-state index contributed by atoms with van der Waals surface area (Å²) in [5.41, 5.74) is 1.52. The summed E-state index contributed by atoms with van der Waals surface area (Å²) in [4.78, 5) is 8.47.